The minimum absolute atomic E-state index is 0.292. The minimum atomic E-state index is 0.292. The third kappa shape index (κ3) is 1.06. The van der Waals surface area contributed by atoms with Crippen molar-refractivity contribution >= 4 is 11.6 Å². The zero-order valence-corrected chi connectivity index (χ0v) is 7.90. The lowest BCUT2D eigenvalue weighted by molar-refractivity contribution is 0.438. The molecule has 0 aromatic carbocycles. The SMILES string of the molecule is CCC1(c2ocnc2CCl)CC1. The van der Waals surface area contributed by atoms with Crippen molar-refractivity contribution in [1.29, 1.82) is 0 Å². The van der Waals surface area contributed by atoms with Crippen LogP contribution < -0.4 is 0 Å². The van der Waals surface area contributed by atoms with Crippen LogP contribution in [0.25, 0.3) is 0 Å². The first-order valence-corrected chi connectivity index (χ1v) is 4.84. The van der Waals surface area contributed by atoms with Gasteiger partial charge in [0.2, 0.25) is 0 Å². The quantitative estimate of drug-likeness (QED) is 0.677. The third-order valence-electron chi connectivity index (χ3n) is 2.78. The van der Waals surface area contributed by atoms with Crippen molar-refractivity contribution in [2.24, 2.45) is 0 Å². The van der Waals surface area contributed by atoms with Gasteiger partial charge in [0.15, 0.2) is 6.39 Å². The molecule has 0 amide bonds. The summed E-state index contributed by atoms with van der Waals surface area (Å²) >= 11 is 5.74. The van der Waals surface area contributed by atoms with Crippen LogP contribution >= 0.6 is 11.6 Å². The fourth-order valence-corrected chi connectivity index (χ4v) is 1.88. The third-order valence-corrected chi connectivity index (χ3v) is 3.03. The van der Waals surface area contributed by atoms with Crippen LogP contribution in [0.3, 0.4) is 0 Å². The lowest BCUT2D eigenvalue weighted by Crippen LogP contribution is -2.05. The molecule has 0 spiro atoms. The molecule has 0 aliphatic heterocycles. The molecule has 1 aromatic rings. The van der Waals surface area contributed by atoms with E-state index in [-0.39, 0.29) is 0 Å². The highest BCUT2D eigenvalue weighted by Gasteiger charge is 2.46. The fourth-order valence-electron chi connectivity index (χ4n) is 1.69. The molecule has 0 N–H and O–H groups in total. The Bertz CT molecular complexity index is 278. The molecule has 1 fully saturated rings. The molecule has 0 radical (unpaired) electrons. The van der Waals surface area contributed by atoms with E-state index in [2.05, 4.69) is 11.9 Å². The number of aromatic nitrogens is 1. The van der Waals surface area contributed by atoms with Gasteiger partial charge in [0.1, 0.15) is 5.76 Å². The van der Waals surface area contributed by atoms with E-state index >= 15 is 0 Å². The van der Waals surface area contributed by atoms with E-state index in [0.717, 1.165) is 17.9 Å². The summed E-state index contributed by atoms with van der Waals surface area (Å²) in [5.74, 6) is 1.49. The van der Waals surface area contributed by atoms with Gasteiger partial charge < -0.3 is 4.42 Å². The molecule has 12 heavy (non-hydrogen) atoms. The van der Waals surface area contributed by atoms with Crippen LogP contribution in [-0.2, 0) is 11.3 Å². The van der Waals surface area contributed by atoms with Gasteiger partial charge in [0.05, 0.1) is 11.6 Å². The van der Waals surface area contributed by atoms with Crippen LogP contribution in [0, 0.1) is 0 Å². The van der Waals surface area contributed by atoms with Crippen LogP contribution in [-0.4, -0.2) is 4.98 Å². The monoisotopic (exact) mass is 185 g/mol. The maximum absolute atomic E-state index is 5.74. The standard InChI is InChI=1S/C9H12ClNO/c1-2-9(3-4-9)8-7(5-10)11-6-12-8/h6H,2-5H2,1H3. The Labute approximate surface area is 76.9 Å². The number of halogens is 1. The van der Waals surface area contributed by atoms with E-state index in [9.17, 15) is 0 Å². The molecule has 0 saturated heterocycles. The summed E-state index contributed by atoms with van der Waals surface area (Å²) in [5.41, 5.74) is 1.22. The summed E-state index contributed by atoms with van der Waals surface area (Å²) < 4.78 is 5.38. The van der Waals surface area contributed by atoms with Gasteiger partial charge in [-0.05, 0) is 19.3 Å². The highest BCUT2D eigenvalue weighted by atomic mass is 35.5. The molecule has 3 heteroatoms. The number of hydrogen-bond donors (Lipinski definition) is 0. The van der Waals surface area contributed by atoms with Gasteiger partial charge in [-0.25, -0.2) is 4.98 Å². The second-order valence-corrected chi connectivity index (χ2v) is 3.66. The smallest absolute Gasteiger partial charge is 0.181 e. The Hall–Kier alpha value is -0.500. The maximum atomic E-state index is 5.74. The van der Waals surface area contributed by atoms with Crippen molar-refractivity contribution in [2.45, 2.75) is 37.5 Å². The maximum Gasteiger partial charge on any atom is 0.181 e. The largest absolute Gasteiger partial charge is 0.448 e. The normalized spacial score (nSPS) is 19.5. The predicted octanol–water partition coefficient (Wildman–Crippen LogP) is 2.86. The highest BCUT2D eigenvalue weighted by Crippen LogP contribution is 2.51. The fraction of sp³-hybridized carbons (Fsp3) is 0.667. The number of hydrogen-bond acceptors (Lipinski definition) is 2. The second kappa shape index (κ2) is 2.77. The number of rotatable bonds is 3. The van der Waals surface area contributed by atoms with E-state index in [0.29, 0.717) is 11.3 Å². The summed E-state index contributed by atoms with van der Waals surface area (Å²) in [6, 6.07) is 0. The lowest BCUT2D eigenvalue weighted by atomic mass is 9.99. The molecule has 2 rings (SSSR count). The number of nitrogens with zero attached hydrogens (tertiary/aromatic N) is 1. The summed E-state index contributed by atoms with van der Waals surface area (Å²) in [4.78, 5) is 4.09. The van der Waals surface area contributed by atoms with Gasteiger partial charge in [-0.3, -0.25) is 0 Å². The van der Waals surface area contributed by atoms with E-state index in [4.69, 9.17) is 16.0 Å². The zero-order valence-electron chi connectivity index (χ0n) is 7.14. The Morgan fingerprint density at radius 1 is 1.67 bits per heavy atom. The first-order chi connectivity index (χ1) is 5.82. The van der Waals surface area contributed by atoms with Gasteiger partial charge in [0.25, 0.3) is 0 Å². The van der Waals surface area contributed by atoms with Crippen molar-refractivity contribution in [3.8, 4) is 0 Å². The first-order valence-electron chi connectivity index (χ1n) is 4.31. The minimum Gasteiger partial charge on any atom is -0.448 e. The molecular formula is C9H12ClNO. The van der Waals surface area contributed by atoms with Crippen molar-refractivity contribution < 1.29 is 4.42 Å². The summed E-state index contributed by atoms with van der Waals surface area (Å²) in [5, 5.41) is 0. The molecule has 1 saturated carbocycles. The van der Waals surface area contributed by atoms with Gasteiger partial charge in [-0.15, -0.1) is 11.6 Å². The molecule has 0 atom stereocenters. The van der Waals surface area contributed by atoms with Crippen molar-refractivity contribution in [1.82, 2.24) is 4.98 Å². The predicted molar refractivity (Wildman–Crippen MR) is 47.3 cm³/mol. The summed E-state index contributed by atoms with van der Waals surface area (Å²) in [6.45, 7) is 2.19. The first kappa shape index (κ1) is 8.11. The van der Waals surface area contributed by atoms with Crippen molar-refractivity contribution in [3.05, 3.63) is 17.8 Å². The molecule has 66 valence electrons. The van der Waals surface area contributed by atoms with E-state index < -0.39 is 0 Å². The number of oxazole rings is 1. The molecule has 1 aromatic heterocycles. The van der Waals surface area contributed by atoms with Crippen LogP contribution in [0.1, 0.15) is 37.6 Å². The van der Waals surface area contributed by atoms with Crippen molar-refractivity contribution in [3.63, 3.8) is 0 Å². The van der Waals surface area contributed by atoms with E-state index in [1.54, 1.807) is 0 Å². The average molecular weight is 186 g/mol. The molecule has 1 aliphatic carbocycles. The lowest BCUT2D eigenvalue weighted by Gasteiger charge is -2.08. The molecule has 0 bridgehead atoms. The van der Waals surface area contributed by atoms with Crippen molar-refractivity contribution in [2.75, 3.05) is 0 Å². The highest BCUT2D eigenvalue weighted by molar-refractivity contribution is 6.16. The van der Waals surface area contributed by atoms with Gasteiger partial charge in [-0.2, -0.15) is 0 Å². The summed E-state index contributed by atoms with van der Waals surface area (Å²) in [7, 11) is 0. The average Bonchev–Trinajstić information content (AvgIpc) is 2.76. The topological polar surface area (TPSA) is 26.0 Å². The number of alkyl halides is 1. The molecular weight excluding hydrogens is 174 g/mol. The Balaban J connectivity index is 2.32. The molecule has 2 nitrogen and oxygen atoms in total. The zero-order chi connectivity index (χ0) is 8.60. The molecule has 0 unspecified atom stereocenters. The van der Waals surface area contributed by atoms with E-state index in [1.165, 1.54) is 19.2 Å². The van der Waals surface area contributed by atoms with Crippen LogP contribution in [0.15, 0.2) is 10.8 Å². The van der Waals surface area contributed by atoms with Crippen LogP contribution in [0.5, 0.6) is 0 Å². The van der Waals surface area contributed by atoms with Crippen LogP contribution in [0.2, 0.25) is 0 Å². The van der Waals surface area contributed by atoms with Gasteiger partial charge >= 0.3 is 0 Å². The molecule has 1 aliphatic rings. The second-order valence-electron chi connectivity index (χ2n) is 3.40. The Morgan fingerprint density at radius 3 is 2.92 bits per heavy atom. The molecule has 1 heterocycles. The van der Waals surface area contributed by atoms with Gasteiger partial charge in [-0.1, -0.05) is 6.92 Å². The van der Waals surface area contributed by atoms with Gasteiger partial charge in [0, 0.05) is 5.41 Å². The Morgan fingerprint density at radius 2 is 2.42 bits per heavy atom. The van der Waals surface area contributed by atoms with Crippen LogP contribution in [0.4, 0.5) is 0 Å². The van der Waals surface area contributed by atoms with E-state index in [1.807, 2.05) is 0 Å². The Kier molecular flexibility index (Phi) is 1.87. The summed E-state index contributed by atoms with van der Waals surface area (Å²) in [6.07, 6.45) is 5.08.